The Morgan fingerprint density at radius 2 is 1.68 bits per heavy atom. The molecule has 2 aliphatic heterocycles. The average molecular weight is 521 g/mol. The molecule has 0 unspecified atom stereocenters. The van der Waals surface area contributed by atoms with Gasteiger partial charge in [-0.15, -0.1) is 0 Å². The van der Waals surface area contributed by atoms with Crippen molar-refractivity contribution in [2.45, 2.75) is 44.9 Å². The number of carbonyl (C=O) groups excluding carboxylic acids is 2. The Morgan fingerprint density at radius 3 is 2.47 bits per heavy atom. The van der Waals surface area contributed by atoms with E-state index in [-0.39, 0.29) is 11.8 Å². The van der Waals surface area contributed by atoms with Crippen molar-refractivity contribution in [1.29, 1.82) is 0 Å². The Bertz CT molecular complexity index is 1070. The van der Waals surface area contributed by atoms with Gasteiger partial charge in [0.25, 0.3) is 5.91 Å². The molecule has 2 aromatic rings. The monoisotopic (exact) mass is 520 g/mol. The fourth-order valence-electron chi connectivity index (χ4n) is 5.73. The Hall–Kier alpha value is -3.13. The molecule has 3 fully saturated rings. The predicted octanol–water partition coefficient (Wildman–Crippen LogP) is 3.79. The van der Waals surface area contributed by atoms with Gasteiger partial charge in [-0.1, -0.05) is 38.2 Å². The first-order chi connectivity index (χ1) is 18.7. The van der Waals surface area contributed by atoms with E-state index in [2.05, 4.69) is 16.0 Å². The van der Waals surface area contributed by atoms with Crippen LogP contribution in [0.3, 0.4) is 0 Å². The molecule has 38 heavy (non-hydrogen) atoms. The van der Waals surface area contributed by atoms with Crippen molar-refractivity contribution in [3.05, 3.63) is 53.9 Å². The number of hydrogen-bond donors (Lipinski definition) is 0. The van der Waals surface area contributed by atoms with Gasteiger partial charge in [0.1, 0.15) is 5.75 Å². The maximum absolute atomic E-state index is 13.2. The third-order valence-corrected chi connectivity index (χ3v) is 8.03. The van der Waals surface area contributed by atoms with E-state index < -0.39 is 0 Å². The van der Waals surface area contributed by atoms with Crippen molar-refractivity contribution in [1.82, 2.24) is 14.8 Å². The molecule has 1 aromatic heterocycles. The average Bonchev–Trinajstić information content (AvgIpc) is 2.98. The summed E-state index contributed by atoms with van der Waals surface area (Å²) in [7, 11) is 0. The number of hydrogen-bond acceptors (Lipinski definition) is 6. The molecular formula is C30H40N4O4. The fourth-order valence-corrected chi connectivity index (χ4v) is 5.73. The molecule has 0 atom stereocenters. The van der Waals surface area contributed by atoms with Gasteiger partial charge in [-0.25, -0.2) is 0 Å². The third-order valence-electron chi connectivity index (χ3n) is 8.03. The molecule has 1 aliphatic carbocycles. The van der Waals surface area contributed by atoms with Crippen molar-refractivity contribution in [3.63, 3.8) is 0 Å². The Labute approximate surface area is 225 Å². The van der Waals surface area contributed by atoms with Gasteiger partial charge in [0.2, 0.25) is 5.91 Å². The summed E-state index contributed by atoms with van der Waals surface area (Å²) < 4.78 is 11.4. The van der Waals surface area contributed by atoms with Gasteiger partial charge >= 0.3 is 0 Å². The highest BCUT2D eigenvalue weighted by molar-refractivity contribution is 5.94. The molecular weight excluding hydrogens is 480 g/mol. The highest BCUT2D eigenvalue weighted by atomic mass is 16.5. The van der Waals surface area contributed by atoms with E-state index in [0.29, 0.717) is 58.0 Å². The van der Waals surface area contributed by atoms with Crippen LogP contribution in [0.4, 0.5) is 5.69 Å². The number of piperazine rings is 1. The van der Waals surface area contributed by atoms with Crippen LogP contribution in [0.1, 0.15) is 54.4 Å². The number of carbonyl (C=O) groups is 2. The highest BCUT2D eigenvalue weighted by Gasteiger charge is 2.25. The fraction of sp³-hybridized carbons (Fsp3) is 0.567. The Balaban J connectivity index is 1.09. The SMILES string of the molecule is O=C(Cc1cncc(N2CCOCC2)c1)N1CCN(C(=O)c2cccc(OCCC3CCCCC3)c2)CC1. The van der Waals surface area contributed by atoms with Crippen molar-refractivity contribution in [2.75, 3.05) is 64.0 Å². The van der Waals surface area contributed by atoms with Gasteiger partial charge in [0.05, 0.1) is 38.1 Å². The van der Waals surface area contributed by atoms with Gasteiger partial charge in [-0.2, -0.15) is 0 Å². The lowest BCUT2D eigenvalue weighted by Gasteiger charge is -2.35. The molecule has 0 N–H and O–H groups in total. The number of ether oxygens (including phenoxy) is 2. The van der Waals surface area contributed by atoms with Crippen LogP contribution in [-0.4, -0.2) is 85.7 Å². The topological polar surface area (TPSA) is 75.2 Å². The maximum Gasteiger partial charge on any atom is 0.254 e. The first-order valence-electron chi connectivity index (χ1n) is 14.2. The normalized spacial score (nSPS) is 18.9. The first kappa shape index (κ1) is 26.5. The van der Waals surface area contributed by atoms with Crippen LogP contribution in [0.25, 0.3) is 0 Å². The number of pyridine rings is 1. The summed E-state index contributed by atoms with van der Waals surface area (Å²) in [5, 5.41) is 0. The second-order valence-corrected chi connectivity index (χ2v) is 10.7. The van der Waals surface area contributed by atoms with Crippen LogP contribution in [-0.2, 0) is 16.0 Å². The molecule has 0 bridgehead atoms. The van der Waals surface area contributed by atoms with E-state index in [1.807, 2.05) is 40.3 Å². The summed E-state index contributed by atoms with van der Waals surface area (Å²) in [6, 6.07) is 9.58. The molecule has 5 rings (SSSR count). The first-order valence-corrected chi connectivity index (χ1v) is 14.2. The summed E-state index contributed by atoms with van der Waals surface area (Å²) in [5.41, 5.74) is 2.60. The molecule has 8 nitrogen and oxygen atoms in total. The zero-order valence-corrected chi connectivity index (χ0v) is 22.4. The number of aromatic nitrogens is 1. The van der Waals surface area contributed by atoms with E-state index in [9.17, 15) is 9.59 Å². The van der Waals surface area contributed by atoms with Gasteiger partial charge in [0.15, 0.2) is 0 Å². The summed E-state index contributed by atoms with van der Waals surface area (Å²) in [4.78, 5) is 36.5. The number of morpholine rings is 1. The number of benzene rings is 1. The van der Waals surface area contributed by atoms with Crippen LogP contribution < -0.4 is 9.64 Å². The number of amides is 2. The van der Waals surface area contributed by atoms with Crippen LogP contribution in [0.15, 0.2) is 42.7 Å². The molecule has 3 aliphatic rings. The lowest BCUT2D eigenvalue weighted by molar-refractivity contribution is -0.131. The lowest BCUT2D eigenvalue weighted by atomic mass is 9.87. The number of anilines is 1. The standard InChI is InChI=1S/C30H40N4O4/c35-29(20-25-19-27(23-31-22-25)32-14-17-37-18-15-32)33-10-12-34(13-11-33)30(36)26-7-4-8-28(21-26)38-16-9-24-5-2-1-3-6-24/h4,7-8,19,21-24H,1-3,5-6,9-18,20H2. The van der Waals surface area contributed by atoms with Crippen molar-refractivity contribution in [2.24, 2.45) is 5.92 Å². The molecule has 3 heterocycles. The minimum atomic E-state index is -0.00255. The van der Waals surface area contributed by atoms with E-state index >= 15 is 0 Å². The molecule has 8 heteroatoms. The maximum atomic E-state index is 13.2. The van der Waals surface area contributed by atoms with E-state index in [4.69, 9.17) is 9.47 Å². The Morgan fingerprint density at radius 1 is 0.921 bits per heavy atom. The van der Waals surface area contributed by atoms with E-state index in [1.54, 1.807) is 6.20 Å². The zero-order chi connectivity index (χ0) is 26.2. The van der Waals surface area contributed by atoms with Crippen molar-refractivity contribution < 1.29 is 19.1 Å². The highest BCUT2D eigenvalue weighted by Crippen LogP contribution is 2.26. The zero-order valence-electron chi connectivity index (χ0n) is 22.4. The lowest BCUT2D eigenvalue weighted by Crippen LogP contribution is -2.51. The van der Waals surface area contributed by atoms with Gasteiger partial charge in [0, 0.05) is 51.0 Å². The summed E-state index contributed by atoms with van der Waals surface area (Å²) in [6.45, 7) is 5.95. The molecule has 2 amide bonds. The summed E-state index contributed by atoms with van der Waals surface area (Å²) in [6.07, 6.45) is 11.7. The van der Waals surface area contributed by atoms with Crippen LogP contribution in [0.2, 0.25) is 0 Å². The second-order valence-electron chi connectivity index (χ2n) is 10.7. The van der Waals surface area contributed by atoms with Gasteiger partial charge < -0.3 is 24.2 Å². The van der Waals surface area contributed by atoms with E-state index in [0.717, 1.165) is 42.4 Å². The van der Waals surface area contributed by atoms with Crippen LogP contribution in [0.5, 0.6) is 5.75 Å². The van der Waals surface area contributed by atoms with E-state index in [1.165, 1.54) is 32.1 Å². The second kappa shape index (κ2) is 13.1. The molecule has 0 radical (unpaired) electrons. The third kappa shape index (κ3) is 7.04. The molecule has 1 aromatic carbocycles. The quantitative estimate of drug-likeness (QED) is 0.527. The molecule has 204 valence electrons. The van der Waals surface area contributed by atoms with Gasteiger partial charge in [-0.05, 0) is 42.2 Å². The van der Waals surface area contributed by atoms with Crippen LogP contribution in [0, 0.1) is 5.92 Å². The number of nitrogens with zero attached hydrogens (tertiary/aromatic N) is 4. The molecule has 1 saturated carbocycles. The molecule has 0 spiro atoms. The smallest absolute Gasteiger partial charge is 0.254 e. The number of rotatable bonds is 8. The Kier molecular flexibility index (Phi) is 9.12. The summed E-state index contributed by atoms with van der Waals surface area (Å²) >= 11 is 0. The van der Waals surface area contributed by atoms with Gasteiger partial charge in [-0.3, -0.25) is 14.6 Å². The molecule has 2 saturated heterocycles. The summed E-state index contributed by atoms with van der Waals surface area (Å²) in [5.74, 6) is 1.61. The minimum Gasteiger partial charge on any atom is -0.494 e. The van der Waals surface area contributed by atoms with Crippen molar-refractivity contribution >= 4 is 17.5 Å². The largest absolute Gasteiger partial charge is 0.494 e. The van der Waals surface area contributed by atoms with Crippen molar-refractivity contribution in [3.8, 4) is 5.75 Å². The van der Waals surface area contributed by atoms with Crippen LogP contribution >= 0.6 is 0 Å². The predicted molar refractivity (Wildman–Crippen MR) is 147 cm³/mol. The minimum absolute atomic E-state index is 0.00255.